The third kappa shape index (κ3) is 2.97. The van der Waals surface area contributed by atoms with Crippen molar-refractivity contribution in [2.45, 2.75) is 6.61 Å². The molecule has 0 unspecified atom stereocenters. The van der Waals surface area contributed by atoms with Crippen LogP contribution in [0.2, 0.25) is 0 Å². The number of rotatable bonds is 4. The van der Waals surface area contributed by atoms with Crippen LogP contribution in [0.5, 0.6) is 5.75 Å². The molecule has 0 amide bonds. The van der Waals surface area contributed by atoms with Crippen molar-refractivity contribution in [1.29, 1.82) is 0 Å². The summed E-state index contributed by atoms with van der Waals surface area (Å²) >= 11 is 3.42. The number of ether oxygens (including phenoxy) is 1. The first-order valence-electron chi connectivity index (χ1n) is 6.48. The van der Waals surface area contributed by atoms with Crippen molar-refractivity contribution in [2.24, 2.45) is 7.05 Å². The number of hydrogen-bond donors (Lipinski definition) is 0. The summed E-state index contributed by atoms with van der Waals surface area (Å²) in [6, 6.07) is 12.2. The number of halogens is 3. The number of nitrogens with zero attached hydrogens (tertiary/aromatic N) is 2. The Morgan fingerprint density at radius 3 is 2.77 bits per heavy atom. The van der Waals surface area contributed by atoms with Crippen LogP contribution in [0.4, 0.5) is 8.78 Å². The predicted octanol–water partition coefficient (Wildman–Crippen LogP) is 4.41. The van der Waals surface area contributed by atoms with Crippen LogP contribution in [0.15, 0.2) is 46.9 Å². The Bertz CT molecular complexity index is 817. The van der Waals surface area contributed by atoms with Crippen molar-refractivity contribution < 1.29 is 13.5 Å². The summed E-state index contributed by atoms with van der Waals surface area (Å²) in [6.45, 7) is -2.87. The van der Waals surface area contributed by atoms with Crippen molar-refractivity contribution in [3.63, 3.8) is 0 Å². The third-order valence-corrected chi connectivity index (χ3v) is 3.64. The molecule has 0 spiro atoms. The lowest BCUT2D eigenvalue weighted by atomic mass is 10.1. The Hall–Kier alpha value is -1.95. The van der Waals surface area contributed by atoms with Crippen LogP contribution in [0, 0.1) is 6.42 Å². The van der Waals surface area contributed by atoms with E-state index in [9.17, 15) is 8.78 Å². The first-order valence-corrected chi connectivity index (χ1v) is 7.27. The molecule has 0 saturated heterocycles. The molecule has 3 aromatic rings. The standard InChI is InChI=1S/C16H11BrF2N2O/c1-21-14(12-9-11(17)6-7-13(12)20-21)8-10-4-2-3-5-15(10)22-16(18)19/h2-7,9,16H,1H3. The van der Waals surface area contributed by atoms with Gasteiger partial charge in [0.15, 0.2) is 0 Å². The van der Waals surface area contributed by atoms with E-state index >= 15 is 0 Å². The van der Waals surface area contributed by atoms with E-state index in [1.165, 1.54) is 6.07 Å². The summed E-state index contributed by atoms with van der Waals surface area (Å²) < 4.78 is 32.1. The van der Waals surface area contributed by atoms with Gasteiger partial charge in [-0.1, -0.05) is 34.1 Å². The first kappa shape index (κ1) is 15.0. The van der Waals surface area contributed by atoms with Crippen LogP contribution < -0.4 is 4.74 Å². The van der Waals surface area contributed by atoms with E-state index in [0.29, 0.717) is 11.3 Å². The fraction of sp³-hybridized carbons (Fsp3) is 0.125. The summed E-state index contributed by atoms with van der Waals surface area (Å²) in [6.07, 6.45) is 3.12. The van der Waals surface area contributed by atoms with Gasteiger partial charge in [0.05, 0.1) is 17.6 Å². The lowest BCUT2D eigenvalue weighted by Gasteiger charge is -2.10. The van der Waals surface area contributed by atoms with Crippen LogP contribution >= 0.6 is 15.9 Å². The molecule has 0 aliphatic carbocycles. The second-order valence-electron chi connectivity index (χ2n) is 4.63. The van der Waals surface area contributed by atoms with E-state index in [-0.39, 0.29) is 5.75 Å². The van der Waals surface area contributed by atoms with Crippen LogP contribution in [-0.4, -0.2) is 16.4 Å². The Morgan fingerprint density at radius 1 is 1.23 bits per heavy atom. The average Bonchev–Trinajstić information content (AvgIpc) is 2.76. The normalized spacial score (nSPS) is 11.3. The fourth-order valence-electron chi connectivity index (χ4n) is 2.22. The zero-order chi connectivity index (χ0) is 15.7. The van der Waals surface area contributed by atoms with Crippen LogP contribution in [-0.2, 0) is 7.05 Å². The highest BCUT2D eigenvalue weighted by Crippen LogP contribution is 2.29. The number of para-hydroxylation sites is 1. The van der Waals surface area contributed by atoms with Crippen molar-refractivity contribution in [3.8, 4) is 5.75 Å². The summed E-state index contributed by atoms with van der Waals surface area (Å²) in [4.78, 5) is 0. The van der Waals surface area contributed by atoms with Crippen molar-refractivity contribution in [3.05, 3.63) is 64.6 Å². The van der Waals surface area contributed by atoms with Gasteiger partial charge >= 0.3 is 6.61 Å². The largest absolute Gasteiger partial charge is 0.435 e. The molecule has 2 aromatic carbocycles. The van der Waals surface area contributed by atoms with Gasteiger partial charge in [-0.25, -0.2) is 0 Å². The van der Waals surface area contributed by atoms with Gasteiger partial charge in [-0.2, -0.15) is 13.9 Å². The molecule has 0 aliphatic heterocycles. The van der Waals surface area contributed by atoms with E-state index in [1.807, 2.05) is 18.2 Å². The van der Waals surface area contributed by atoms with Crippen LogP contribution in [0.25, 0.3) is 10.9 Å². The molecular weight excluding hydrogens is 354 g/mol. The Balaban J connectivity index is 2.03. The van der Waals surface area contributed by atoms with Crippen LogP contribution in [0.1, 0.15) is 11.3 Å². The monoisotopic (exact) mass is 364 g/mol. The molecular formula is C16H11BrF2N2O. The molecule has 2 radical (unpaired) electrons. The van der Waals surface area contributed by atoms with Gasteiger partial charge in [0.2, 0.25) is 0 Å². The smallest absolute Gasteiger partial charge is 0.387 e. The number of benzene rings is 2. The summed E-state index contributed by atoms with van der Waals surface area (Å²) in [5, 5.41) is 5.26. The molecule has 0 bridgehead atoms. The van der Waals surface area contributed by atoms with Crippen LogP contribution in [0.3, 0.4) is 0 Å². The maximum Gasteiger partial charge on any atom is 0.387 e. The zero-order valence-electron chi connectivity index (χ0n) is 11.6. The van der Waals surface area contributed by atoms with Gasteiger partial charge in [-0.3, -0.25) is 4.68 Å². The number of fused-ring (bicyclic) bond motifs is 1. The summed E-state index contributed by atoms with van der Waals surface area (Å²) in [5.74, 6) is 0.0850. The molecule has 1 aromatic heterocycles. The Kier molecular flexibility index (Phi) is 4.11. The first-order chi connectivity index (χ1) is 10.5. The summed E-state index contributed by atoms with van der Waals surface area (Å²) in [5.41, 5.74) is 1.95. The second kappa shape index (κ2) is 6.04. The molecule has 0 atom stereocenters. The van der Waals surface area contributed by atoms with Gasteiger partial charge in [0.1, 0.15) is 5.75 Å². The third-order valence-electron chi connectivity index (χ3n) is 3.15. The minimum absolute atomic E-state index is 0.0850. The molecule has 0 fully saturated rings. The molecule has 0 saturated carbocycles. The Morgan fingerprint density at radius 2 is 2.00 bits per heavy atom. The van der Waals surface area contributed by atoms with Gasteiger partial charge in [-0.05, 0) is 24.3 Å². The molecule has 0 aliphatic rings. The number of alkyl halides is 2. The van der Waals surface area contributed by atoms with E-state index in [0.717, 1.165) is 15.4 Å². The van der Waals surface area contributed by atoms with E-state index in [2.05, 4.69) is 32.2 Å². The van der Waals surface area contributed by atoms with Gasteiger partial charge in [0.25, 0.3) is 0 Å². The minimum Gasteiger partial charge on any atom is -0.435 e. The molecule has 3 rings (SSSR count). The van der Waals surface area contributed by atoms with Crippen molar-refractivity contribution in [1.82, 2.24) is 9.78 Å². The molecule has 6 heteroatoms. The van der Waals surface area contributed by atoms with E-state index < -0.39 is 6.61 Å². The lowest BCUT2D eigenvalue weighted by molar-refractivity contribution is -0.0501. The van der Waals surface area contributed by atoms with Gasteiger partial charge < -0.3 is 4.74 Å². The maximum absolute atomic E-state index is 12.5. The van der Waals surface area contributed by atoms with E-state index in [4.69, 9.17) is 0 Å². The molecule has 22 heavy (non-hydrogen) atoms. The molecule has 1 heterocycles. The molecule has 3 nitrogen and oxygen atoms in total. The van der Waals surface area contributed by atoms with Gasteiger partial charge in [0, 0.05) is 22.5 Å². The van der Waals surface area contributed by atoms with Gasteiger partial charge in [-0.15, -0.1) is 0 Å². The maximum atomic E-state index is 12.5. The Labute approximate surface area is 134 Å². The second-order valence-corrected chi connectivity index (χ2v) is 5.55. The zero-order valence-corrected chi connectivity index (χ0v) is 13.1. The number of hydrogen-bond acceptors (Lipinski definition) is 2. The highest BCUT2D eigenvalue weighted by Gasteiger charge is 2.15. The topological polar surface area (TPSA) is 27.1 Å². The molecule has 0 N–H and O–H groups in total. The SMILES string of the molecule is Cn1nc2ccc(Br)cc2c1[C]c1ccccc1OC(F)F. The minimum atomic E-state index is -2.87. The molecule has 112 valence electrons. The highest BCUT2D eigenvalue weighted by atomic mass is 79.9. The van der Waals surface area contributed by atoms with Crippen molar-refractivity contribution in [2.75, 3.05) is 0 Å². The predicted molar refractivity (Wildman–Crippen MR) is 82.9 cm³/mol. The van der Waals surface area contributed by atoms with Crippen molar-refractivity contribution >= 4 is 26.8 Å². The fourth-order valence-corrected chi connectivity index (χ4v) is 2.58. The quantitative estimate of drug-likeness (QED) is 0.685. The highest BCUT2D eigenvalue weighted by molar-refractivity contribution is 9.10. The number of aryl methyl sites for hydroxylation is 1. The average molecular weight is 365 g/mol. The lowest BCUT2D eigenvalue weighted by Crippen LogP contribution is -2.05. The summed E-state index contributed by atoms with van der Waals surface area (Å²) in [7, 11) is 1.78. The number of aromatic nitrogens is 2. The van der Waals surface area contributed by atoms with E-state index in [1.54, 1.807) is 29.9 Å².